The average Bonchev–Trinajstić information content (AvgIpc) is 3.13. The minimum atomic E-state index is 0.203. The van der Waals surface area contributed by atoms with Crippen molar-refractivity contribution in [2.75, 3.05) is 19.6 Å². The molecule has 1 fully saturated rings. The van der Waals surface area contributed by atoms with Gasteiger partial charge in [-0.1, -0.05) is 36.4 Å². The number of aromatic nitrogens is 1. The van der Waals surface area contributed by atoms with Crippen molar-refractivity contribution >= 4 is 5.91 Å². The number of hydrogen-bond donors (Lipinski definition) is 0. The Hall–Kier alpha value is -2.20. The van der Waals surface area contributed by atoms with E-state index in [4.69, 9.17) is 0 Å². The highest BCUT2D eigenvalue weighted by Gasteiger charge is 2.32. The first kappa shape index (κ1) is 17.6. The van der Waals surface area contributed by atoms with Gasteiger partial charge in [0.15, 0.2) is 0 Å². The SMILES string of the molecule is CCN(C(=O)Cc1cccnc1)C1CCN(C(C)c2ccccc2)C1. The van der Waals surface area contributed by atoms with Crippen LogP contribution in [0.3, 0.4) is 0 Å². The zero-order valence-electron chi connectivity index (χ0n) is 15.1. The molecular weight excluding hydrogens is 310 g/mol. The lowest BCUT2D eigenvalue weighted by Crippen LogP contribution is -2.42. The van der Waals surface area contributed by atoms with E-state index in [1.807, 2.05) is 17.0 Å². The second-order valence-corrected chi connectivity index (χ2v) is 6.74. The molecule has 2 heterocycles. The van der Waals surface area contributed by atoms with Gasteiger partial charge in [0.1, 0.15) is 0 Å². The number of carbonyl (C=O) groups is 1. The number of hydrogen-bond acceptors (Lipinski definition) is 3. The van der Waals surface area contributed by atoms with Gasteiger partial charge >= 0.3 is 0 Å². The van der Waals surface area contributed by atoms with Crippen LogP contribution in [0.4, 0.5) is 0 Å². The number of pyridine rings is 1. The molecule has 0 bridgehead atoms. The van der Waals surface area contributed by atoms with Gasteiger partial charge in [-0.15, -0.1) is 0 Å². The van der Waals surface area contributed by atoms with Gasteiger partial charge in [-0.3, -0.25) is 14.7 Å². The van der Waals surface area contributed by atoms with Crippen LogP contribution in [0.1, 0.15) is 37.4 Å². The molecule has 2 aromatic rings. The first-order valence-corrected chi connectivity index (χ1v) is 9.16. The van der Waals surface area contributed by atoms with Crippen LogP contribution in [0.5, 0.6) is 0 Å². The van der Waals surface area contributed by atoms with E-state index in [0.29, 0.717) is 18.5 Å². The highest BCUT2D eigenvalue weighted by atomic mass is 16.2. The summed E-state index contributed by atoms with van der Waals surface area (Å²) in [6.07, 6.45) is 5.01. The number of likely N-dealkylation sites (N-methyl/N-ethyl adjacent to an activating group) is 1. The monoisotopic (exact) mass is 337 g/mol. The van der Waals surface area contributed by atoms with Crippen molar-refractivity contribution < 1.29 is 4.79 Å². The molecule has 0 radical (unpaired) electrons. The number of rotatable bonds is 6. The second kappa shape index (κ2) is 8.26. The van der Waals surface area contributed by atoms with E-state index in [1.165, 1.54) is 5.56 Å². The molecule has 2 unspecified atom stereocenters. The molecule has 3 rings (SSSR count). The van der Waals surface area contributed by atoms with Crippen molar-refractivity contribution in [2.45, 2.75) is 38.8 Å². The van der Waals surface area contributed by atoms with Gasteiger partial charge < -0.3 is 4.90 Å². The molecule has 0 aliphatic carbocycles. The fourth-order valence-electron chi connectivity index (χ4n) is 3.73. The Balaban J connectivity index is 1.62. The van der Waals surface area contributed by atoms with Crippen molar-refractivity contribution in [3.8, 4) is 0 Å². The van der Waals surface area contributed by atoms with Gasteiger partial charge in [0.05, 0.1) is 6.42 Å². The first-order valence-electron chi connectivity index (χ1n) is 9.16. The lowest BCUT2D eigenvalue weighted by atomic mass is 10.1. The van der Waals surface area contributed by atoms with Gasteiger partial charge in [0.2, 0.25) is 5.91 Å². The molecule has 4 nitrogen and oxygen atoms in total. The summed E-state index contributed by atoms with van der Waals surface area (Å²) in [5, 5.41) is 0. The lowest BCUT2D eigenvalue weighted by Gasteiger charge is -2.30. The van der Waals surface area contributed by atoms with E-state index < -0.39 is 0 Å². The summed E-state index contributed by atoms with van der Waals surface area (Å²) in [6, 6.07) is 15.2. The van der Waals surface area contributed by atoms with Crippen LogP contribution in [-0.4, -0.2) is 46.4 Å². The number of nitrogens with zero attached hydrogens (tertiary/aromatic N) is 3. The molecule has 0 spiro atoms. The molecule has 1 amide bonds. The summed E-state index contributed by atoms with van der Waals surface area (Å²) in [7, 11) is 0. The van der Waals surface area contributed by atoms with Crippen LogP contribution < -0.4 is 0 Å². The number of amides is 1. The standard InChI is InChI=1S/C21H27N3O/c1-3-24(21(25)14-18-8-7-12-22-15-18)20-11-13-23(16-20)17(2)19-9-5-4-6-10-19/h4-10,12,15,17,20H,3,11,13-14,16H2,1-2H3. The number of likely N-dealkylation sites (tertiary alicyclic amines) is 1. The predicted octanol–water partition coefficient (Wildman–Crippen LogP) is 3.31. The van der Waals surface area contributed by atoms with Crippen LogP contribution in [0.25, 0.3) is 0 Å². The number of benzene rings is 1. The molecule has 1 aliphatic rings. The maximum absolute atomic E-state index is 12.8. The Kier molecular flexibility index (Phi) is 5.82. The molecule has 25 heavy (non-hydrogen) atoms. The summed E-state index contributed by atoms with van der Waals surface area (Å²) in [6.45, 7) is 7.08. The molecule has 0 N–H and O–H groups in total. The van der Waals surface area contributed by atoms with E-state index in [1.54, 1.807) is 12.4 Å². The topological polar surface area (TPSA) is 36.4 Å². The molecule has 1 aromatic carbocycles. The van der Waals surface area contributed by atoms with Gasteiger partial charge in [0.25, 0.3) is 0 Å². The predicted molar refractivity (Wildman–Crippen MR) is 100 cm³/mol. The van der Waals surface area contributed by atoms with Gasteiger partial charge in [0, 0.05) is 44.1 Å². The Bertz CT molecular complexity index is 674. The summed E-state index contributed by atoms with van der Waals surface area (Å²) in [5.74, 6) is 0.203. The molecular formula is C21H27N3O. The third kappa shape index (κ3) is 4.26. The van der Waals surface area contributed by atoms with Crippen molar-refractivity contribution in [3.63, 3.8) is 0 Å². The zero-order chi connectivity index (χ0) is 17.6. The summed E-state index contributed by atoms with van der Waals surface area (Å²) in [4.78, 5) is 21.4. The Morgan fingerprint density at radius 1 is 1.28 bits per heavy atom. The Morgan fingerprint density at radius 2 is 2.08 bits per heavy atom. The van der Waals surface area contributed by atoms with Crippen molar-refractivity contribution in [1.29, 1.82) is 0 Å². The fraction of sp³-hybridized carbons (Fsp3) is 0.429. The summed E-state index contributed by atoms with van der Waals surface area (Å²) >= 11 is 0. The smallest absolute Gasteiger partial charge is 0.227 e. The van der Waals surface area contributed by atoms with Gasteiger partial charge in [-0.05, 0) is 37.5 Å². The maximum Gasteiger partial charge on any atom is 0.227 e. The number of carbonyl (C=O) groups excluding carboxylic acids is 1. The minimum absolute atomic E-state index is 0.203. The normalized spacial score (nSPS) is 18.9. The van der Waals surface area contributed by atoms with Crippen LogP contribution >= 0.6 is 0 Å². The second-order valence-electron chi connectivity index (χ2n) is 6.74. The third-order valence-corrected chi connectivity index (χ3v) is 5.20. The van der Waals surface area contributed by atoms with E-state index in [9.17, 15) is 4.79 Å². The average molecular weight is 337 g/mol. The third-order valence-electron chi connectivity index (χ3n) is 5.20. The fourth-order valence-corrected chi connectivity index (χ4v) is 3.73. The van der Waals surface area contributed by atoms with Crippen molar-refractivity contribution in [2.24, 2.45) is 0 Å². The van der Waals surface area contributed by atoms with Crippen LogP contribution in [0.15, 0.2) is 54.9 Å². The van der Waals surface area contributed by atoms with Crippen molar-refractivity contribution in [3.05, 3.63) is 66.0 Å². The van der Waals surface area contributed by atoms with Crippen LogP contribution in [0, 0.1) is 0 Å². The highest BCUT2D eigenvalue weighted by Crippen LogP contribution is 2.26. The van der Waals surface area contributed by atoms with Crippen LogP contribution in [-0.2, 0) is 11.2 Å². The molecule has 4 heteroatoms. The minimum Gasteiger partial charge on any atom is -0.338 e. The van der Waals surface area contributed by atoms with E-state index in [0.717, 1.165) is 31.6 Å². The molecule has 1 aliphatic heterocycles. The molecule has 1 aromatic heterocycles. The first-order chi connectivity index (χ1) is 12.2. The van der Waals surface area contributed by atoms with Crippen LogP contribution in [0.2, 0.25) is 0 Å². The largest absolute Gasteiger partial charge is 0.338 e. The van der Waals surface area contributed by atoms with E-state index >= 15 is 0 Å². The van der Waals surface area contributed by atoms with Crippen molar-refractivity contribution in [1.82, 2.24) is 14.8 Å². The van der Waals surface area contributed by atoms with E-state index in [2.05, 4.69) is 54.1 Å². The molecule has 132 valence electrons. The van der Waals surface area contributed by atoms with E-state index in [-0.39, 0.29) is 5.91 Å². The van der Waals surface area contributed by atoms with Gasteiger partial charge in [-0.25, -0.2) is 0 Å². The molecule has 1 saturated heterocycles. The summed E-state index contributed by atoms with van der Waals surface area (Å²) < 4.78 is 0. The lowest BCUT2D eigenvalue weighted by molar-refractivity contribution is -0.132. The molecule has 0 saturated carbocycles. The zero-order valence-corrected chi connectivity index (χ0v) is 15.1. The van der Waals surface area contributed by atoms with Gasteiger partial charge in [-0.2, -0.15) is 0 Å². The molecule has 2 atom stereocenters. The summed E-state index contributed by atoms with van der Waals surface area (Å²) in [5.41, 5.74) is 2.33. The quantitative estimate of drug-likeness (QED) is 0.811. The maximum atomic E-state index is 12.8. The highest BCUT2D eigenvalue weighted by molar-refractivity contribution is 5.79. The Labute approximate surface area is 150 Å². The Morgan fingerprint density at radius 3 is 2.76 bits per heavy atom.